The van der Waals surface area contributed by atoms with Crippen LogP contribution in [0.1, 0.15) is 0 Å². The predicted molar refractivity (Wildman–Crippen MR) is 230 cm³/mol. The molecule has 0 unspecified atom stereocenters. The smallest absolute Gasteiger partial charge is 0.164 e. The van der Waals surface area contributed by atoms with Crippen LogP contribution in [0.3, 0.4) is 0 Å². The van der Waals surface area contributed by atoms with Gasteiger partial charge in [0.15, 0.2) is 17.5 Å². The highest BCUT2D eigenvalue weighted by molar-refractivity contribution is 6.21. The molecule has 9 aromatic carbocycles. The first-order chi connectivity index (χ1) is 27.7. The summed E-state index contributed by atoms with van der Waals surface area (Å²) >= 11 is 0. The average Bonchev–Trinajstić information content (AvgIpc) is 3.81. The van der Waals surface area contributed by atoms with Gasteiger partial charge in [-0.3, -0.25) is 0 Å². The van der Waals surface area contributed by atoms with Gasteiger partial charge >= 0.3 is 0 Å². The summed E-state index contributed by atoms with van der Waals surface area (Å²) in [5.41, 5.74) is 7.78. The van der Waals surface area contributed by atoms with Gasteiger partial charge in [0.2, 0.25) is 0 Å². The monoisotopic (exact) mass is 714 g/mol. The van der Waals surface area contributed by atoms with Crippen LogP contribution < -0.4 is 0 Å². The summed E-state index contributed by atoms with van der Waals surface area (Å²) in [5.74, 6) is 1.83. The minimum Gasteiger partial charge on any atom is -0.456 e. The van der Waals surface area contributed by atoms with Crippen LogP contribution in [-0.2, 0) is 0 Å². The molecular formula is C51H30N4O. The molecule has 0 fully saturated rings. The molecule has 0 aliphatic heterocycles. The Labute approximate surface area is 320 Å². The van der Waals surface area contributed by atoms with Gasteiger partial charge in [0.05, 0.1) is 11.0 Å². The number of aromatic nitrogens is 4. The van der Waals surface area contributed by atoms with Crippen LogP contribution in [0.5, 0.6) is 0 Å². The maximum atomic E-state index is 6.57. The van der Waals surface area contributed by atoms with Gasteiger partial charge < -0.3 is 8.98 Å². The van der Waals surface area contributed by atoms with E-state index in [1.807, 2.05) is 0 Å². The Kier molecular flexibility index (Phi) is 6.56. The molecule has 56 heavy (non-hydrogen) atoms. The summed E-state index contributed by atoms with van der Waals surface area (Å²) in [6.07, 6.45) is 0. The van der Waals surface area contributed by atoms with Crippen LogP contribution in [0.2, 0.25) is 0 Å². The van der Waals surface area contributed by atoms with E-state index >= 15 is 0 Å². The molecule has 260 valence electrons. The van der Waals surface area contributed by atoms with E-state index in [4.69, 9.17) is 19.4 Å². The lowest BCUT2D eigenvalue weighted by molar-refractivity contribution is 0.669. The predicted octanol–water partition coefficient (Wildman–Crippen LogP) is 13.3. The van der Waals surface area contributed by atoms with Crippen molar-refractivity contribution >= 4 is 76.1 Å². The second-order valence-electron chi connectivity index (χ2n) is 14.5. The number of para-hydroxylation sites is 1. The van der Waals surface area contributed by atoms with E-state index in [1.165, 1.54) is 43.4 Å². The van der Waals surface area contributed by atoms with Gasteiger partial charge in [-0.25, -0.2) is 15.0 Å². The fourth-order valence-corrected chi connectivity index (χ4v) is 8.48. The Bertz CT molecular complexity index is 3460. The molecule has 0 atom stereocenters. The molecule has 0 spiro atoms. The fraction of sp³-hybridized carbons (Fsp3) is 0. The van der Waals surface area contributed by atoms with Crippen molar-refractivity contribution in [3.63, 3.8) is 0 Å². The van der Waals surface area contributed by atoms with Crippen molar-refractivity contribution in [2.45, 2.75) is 0 Å². The summed E-state index contributed by atoms with van der Waals surface area (Å²) in [6, 6.07) is 64.0. The van der Waals surface area contributed by atoms with Gasteiger partial charge in [-0.1, -0.05) is 127 Å². The van der Waals surface area contributed by atoms with Crippen LogP contribution in [0, 0.1) is 0 Å². The van der Waals surface area contributed by atoms with Gasteiger partial charge in [0, 0.05) is 43.9 Å². The SMILES string of the molecule is c1ccc2cc(-c3nc(-c4ccc5ccccc5c4)nc(-c4ccc5c(c4)oc4ccc(-n6c7ccccc7c7c8ccccc8ccc76)cc45)n3)ccc2c1. The summed E-state index contributed by atoms with van der Waals surface area (Å²) < 4.78 is 8.94. The highest BCUT2D eigenvalue weighted by Gasteiger charge is 2.18. The quantitative estimate of drug-likeness (QED) is 0.182. The molecule has 5 heteroatoms. The average molecular weight is 715 g/mol. The molecule has 3 heterocycles. The third kappa shape index (κ3) is 4.78. The standard InChI is InChI=1S/C51H30N4O/c1-3-12-34-27-36(19-17-31(34)9-1)49-52-50(37-20-18-32-10-2-4-13-35(32)28-37)54-51(53-49)38-21-24-41-43-30-39(23-26-46(43)56-47(41)29-38)55-44-16-8-7-15-42(44)48-40-14-6-5-11-33(40)22-25-45(48)55/h1-30H. The number of furan rings is 1. The Balaban J connectivity index is 1.02. The molecule has 12 rings (SSSR count). The van der Waals surface area contributed by atoms with Gasteiger partial charge in [-0.2, -0.15) is 0 Å². The number of nitrogens with zero attached hydrogens (tertiary/aromatic N) is 4. The fourth-order valence-electron chi connectivity index (χ4n) is 8.48. The van der Waals surface area contributed by atoms with E-state index in [0.717, 1.165) is 55.1 Å². The highest BCUT2D eigenvalue weighted by atomic mass is 16.3. The van der Waals surface area contributed by atoms with Crippen LogP contribution in [0.25, 0.3) is 116 Å². The molecule has 0 N–H and O–H groups in total. The highest BCUT2D eigenvalue weighted by Crippen LogP contribution is 2.39. The Morgan fingerprint density at radius 2 is 0.893 bits per heavy atom. The van der Waals surface area contributed by atoms with E-state index in [1.54, 1.807) is 0 Å². The topological polar surface area (TPSA) is 56.7 Å². The molecule has 0 saturated heterocycles. The molecule has 0 aliphatic rings. The van der Waals surface area contributed by atoms with Crippen molar-refractivity contribution in [2.75, 3.05) is 0 Å². The van der Waals surface area contributed by atoms with E-state index in [-0.39, 0.29) is 0 Å². The molecule has 12 aromatic rings. The molecular weight excluding hydrogens is 685 g/mol. The lowest BCUT2D eigenvalue weighted by atomic mass is 10.0. The van der Waals surface area contributed by atoms with Gasteiger partial charge in [-0.05, 0) is 86.9 Å². The second-order valence-corrected chi connectivity index (χ2v) is 14.5. The van der Waals surface area contributed by atoms with Gasteiger partial charge in [-0.15, -0.1) is 0 Å². The Morgan fingerprint density at radius 1 is 0.339 bits per heavy atom. The van der Waals surface area contributed by atoms with Crippen molar-refractivity contribution in [3.05, 3.63) is 182 Å². The van der Waals surface area contributed by atoms with Gasteiger partial charge in [0.25, 0.3) is 0 Å². The molecule has 0 amide bonds. The van der Waals surface area contributed by atoms with Crippen molar-refractivity contribution < 1.29 is 4.42 Å². The number of rotatable bonds is 4. The minimum atomic E-state index is 0.590. The lowest BCUT2D eigenvalue weighted by Crippen LogP contribution is -2.00. The second kappa shape index (κ2) is 11.9. The maximum Gasteiger partial charge on any atom is 0.164 e. The Morgan fingerprint density at radius 3 is 1.59 bits per heavy atom. The largest absolute Gasteiger partial charge is 0.456 e. The number of fused-ring (bicyclic) bond motifs is 10. The summed E-state index contributed by atoms with van der Waals surface area (Å²) in [4.78, 5) is 15.2. The third-order valence-corrected chi connectivity index (χ3v) is 11.2. The summed E-state index contributed by atoms with van der Waals surface area (Å²) in [5, 5.41) is 11.7. The summed E-state index contributed by atoms with van der Waals surface area (Å²) in [6.45, 7) is 0. The van der Waals surface area contributed by atoms with E-state index in [2.05, 4.69) is 187 Å². The van der Waals surface area contributed by atoms with Crippen LogP contribution in [0.15, 0.2) is 186 Å². The lowest BCUT2D eigenvalue weighted by Gasteiger charge is -2.10. The zero-order valence-electron chi connectivity index (χ0n) is 30.0. The minimum absolute atomic E-state index is 0.590. The van der Waals surface area contributed by atoms with Crippen LogP contribution >= 0.6 is 0 Å². The van der Waals surface area contributed by atoms with Gasteiger partial charge in [0.1, 0.15) is 11.2 Å². The molecule has 0 bridgehead atoms. The van der Waals surface area contributed by atoms with E-state index in [0.29, 0.717) is 17.5 Å². The maximum absolute atomic E-state index is 6.57. The van der Waals surface area contributed by atoms with E-state index in [9.17, 15) is 0 Å². The molecule has 5 nitrogen and oxygen atoms in total. The van der Waals surface area contributed by atoms with Crippen molar-refractivity contribution in [1.29, 1.82) is 0 Å². The zero-order chi connectivity index (χ0) is 36.7. The number of hydrogen-bond acceptors (Lipinski definition) is 4. The number of benzene rings is 9. The molecule has 0 radical (unpaired) electrons. The third-order valence-electron chi connectivity index (χ3n) is 11.2. The first kappa shape index (κ1) is 30.8. The van der Waals surface area contributed by atoms with Crippen LogP contribution in [0.4, 0.5) is 0 Å². The van der Waals surface area contributed by atoms with Crippen molar-refractivity contribution in [2.24, 2.45) is 0 Å². The summed E-state index contributed by atoms with van der Waals surface area (Å²) in [7, 11) is 0. The van der Waals surface area contributed by atoms with Crippen molar-refractivity contribution in [1.82, 2.24) is 19.5 Å². The molecule has 0 saturated carbocycles. The zero-order valence-corrected chi connectivity index (χ0v) is 30.0. The van der Waals surface area contributed by atoms with E-state index < -0.39 is 0 Å². The Hall–Kier alpha value is -7.63. The van der Waals surface area contributed by atoms with Crippen LogP contribution in [-0.4, -0.2) is 19.5 Å². The first-order valence-electron chi connectivity index (χ1n) is 18.8. The molecule has 0 aliphatic carbocycles. The number of hydrogen-bond donors (Lipinski definition) is 0. The molecule has 3 aromatic heterocycles. The normalized spacial score (nSPS) is 11.9. The first-order valence-corrected chi connectivity index (χ1v) is 18.8. The van der Waals surface area contributed by atoms with Crippen molar-refractivity contribution in [3.8, 4) is 39.9 Å².